The van der Waals surface area contributed by atoms with Gasteiger partial charge in [0.1, 0.15) is 4.90 Å². The van der Waals surface area contributed by atoms with Crippen molar-refractivity contribution in [2.45, 2.75) is 4.90 Å². The van der Waals surface area contributed by atoms with E-state index in [-0.39, 0.29) is 15.7 Å². The number of carbonyl (C=O) groups is 2. The first-order valence-electron chi connectivity index (χ1n) is 6.20. The van der Waals surface area contributed by atoms with Gasteiger partial charge in [-0.25, -0.2) is 18.0 Å². The third-order valence-corrected chi connectivity index (χ3v) is 5.20. The Kier molecular flexibility index (Phi) is 5.02. The normalized spacial score (nSPS) is 11.1. The van der Waals surface area contributed by atoms with Crippen molar-refractivity contribution in [2.24, 2.45) is 0 Å². The number of carboxylic acid groups (broad SMARTS) is 2. The molecule has 0 spiro atoms. The predicted octanol–water partition coefficient (Wildman–Crippen LogP) is 3.19. The Morgan fingerprint density at radius 1 is 0.917 bits per heavy atom. The summed E-state index contributed by atoms with van der Waals surface area (Å²) >= 11 is 11.7. The van der Waals surface area contributed by atoms with Crippen molar-refractivity contribution < 1.29 is 28.2 Å². The van der Waals surface area contributed by atoms with Crippen LogP contribution >= 0.6 is 23.2 Å². The Labute approximate surface area is 146 Å². The van der Waals surface area contributed by atoms with Gasteiger partial charge in [0, 0.05) is 0 Å². The lowest BCUT2D eigenvalue weighted by molar-refractivity contribution is 0.0696. The Morgan fingerprint density at radius 3 is 1.79 bits per heavy atom. The minimum atomic E-state index is -4.26. The van der Waals surface area contributed by atoms with Crippen molar-refractivity contribution in [3.8, 4) is 0 Å². The third kappa shape index (κ3) is 3.78. The number of sulfonamides is 1. The number of rotatable bonds is 5. The molecule has 0 heterocycles. The van der Waals surface area contributed by atoms with E-state index in [9.17, 15) is 18.0 Å². The average Bonchev–Trinajstić information content (AvgIpc) is 2.45. The maximum atomic E-state index is 12.4. The molecule has 2 aromatic rings. The topological polar surface area (TPSA) is 121 Å². The van der Waals surface area contributed by atoms with Crippen LogP contribution in [0.5, 0.6) is 0 Å². The summed E-state index contributed by atoms with van der Waals surface area (Å²) in [6.45, 7) is 0. The molecule has 7 nitrogen and oxygen atoms in total. The van der Waals surface area contributed by atoms with Gasteiger partial charge in [0.05, 0.1) is 26.9 Å². The van der Waals surface area contributed by atoms with Crippen molar-refractivity contribution in [3.05, 3.63) is 57.6 Å². The van der Waals surface area contributed by atoms with Crippen LogP contribution in [-0.2, 0) is 10.0 Å². The molecule has 0 saturated heterocycles. The van der Waals surface area contributed by atoms with Gasteiger partial charge in [-0.15, -0.1) is 0 Å². The van der Waals surface area contributed by atoms with E-state index in [1.807, 2.05) is 0 Å². The number of aromatic carboxylic acids is 2. The Morgan fingerprint density at radius 2 is 1.38 bits per heavy atom. The van der Waals surface area contributed by atoms with Gasteiger partial charge in [0.15, 0.2) is 0 Å². The van der Waals surface area contributed by atoms with Crippen LogP contribution in [0.3, 0.4) is 0 Å². The van der Waals surface area contributed by atoms with E-state index in [1.54, 1.807) is 0 Å². The molecule has 0 aliphatic heterocycles. The number of benzene rings is 2. The van der Waals surface area contributed by atoms with Crippen molar-refractivity contribution >= 4 is 50.9 Å². The van der Waals surface area contributed by atoms with Gasteiger partial charge >= 0.3 is 11.9 Å². The van der Waals surface area contributed by atoms with E-state index in [4.69, 9.17) is 33.4 Å². The molecule has 0 saturated carbocycles. The third-order valence-electron chi connectivity index (χ3n) is 2.87. The highest BCUT2D eigenvalue weighted by atomic mass is 35.5. The van der Waals surface area contributed by atoms with Gasteiger partial charge in [-0.05, 0) is 30.3 Å². The van der Waals surface area contributed by atoms with Crippen molar-refractivity contribution in [1.82, 2.24) is 0 Å². The molecule has 10 heteroatoms. The van der Waals surface area contributed by atoms with Gasteiger partial charge in [0.2, 0.25) is 0 Å². The first-order valence-corrected chi connectivity index (χ1v) is 8.44. The molecule has 2 aromatic carbocycles. The van der Waals surface area contributed by atoms with E-state index in [0.29, 0.717) is 0 Å². The van der Waals surface area contributed by atoms with Gasteiger partial charge < -0.3 is 10.2 Å². The monoisotopic (exact) mass is 389 g/mol. The summed E-state index contributed by atoms with van der Waals surface area (Å²) in [6.07, 6.45) is 0. The zero-order valence-corrected chi connectivity index (χ0v) is 14.0. The van der Waals surface area contributed by atoms with E-state index < -0.39 is 38.0 Å². The second-order valence-electron chi connectivity index (χ2n) is 4.57. The fraction of sp³-hybridized carbons (Fsp3) is 0. The lowest BCUT2D eigenvalue weighted by Crippen LogP contribution is -2.15. The zero-order chi connectivity index (χ0) is 18.1. The van der Waals surface area contributed by atoms with Crippen molar-refractivity contribution in [2.75, 3.05) is 4.72 Å². The largest absolute Gasteiger partial charge is 0.478 e. The molecular formula is C14H9Cl2NO6S. The first-order chi connectivity index (χ1) is 11.1. The molecule has 2 rings (SSSR count). The fourth-order valence-electron chi connectivity index (χ4n) is 1.88. The van der Waals surface area contributed by atoms with Crippen LogP contribution in [0.1, 0.15) is 20.7 Å². The second-order valence-corrected chi connectivity index (χ2v) is 7.00. The van der Waals surface area contributed by atoms with Crippen LogP contribution in [0.25, 0.3) is 0 Å². The summed E-state index contributed by atoms with van der Waals surface area (Å²) in [5.74, 6) is -2.82. The van der Waals surface area contributed by atoms with E-state index >= 15 is 0 Å². The molecule has 126 valence electrons. The second kappa shape index (κ2) is 6.68. The number of hydrogen-bond donors (Lipinski definition) is 3. The molecule has 3 N–H and O–H groups in total. The molecular weight excluding hydrogens is 381 g/mol. The quantitative estimate of drug-likeness (QED) is 0.721. The summed E-state index contributed by atoms with van der Waals surface area (Å²) in [7, 11) is -4.26. The van der Waals surface area contributed by atoms with E-state index in [2.05, 4.69) is 4.72 Å². The maximum Gasteiger partial charge on any atom is 0.335 e. The maximum absolute atomic E-state index is 12.4. The van der Waals surface area contributed by atoms with Crippen LogP contribution in [0, 0.1) is 0 Å². The van der Waals surface area contributed by atoms with Crippen LogP contribution in [0.2, 0.25) is 10.0 Å². The van der Waals surface area contributed by atoms with Crippen LogP contribution < -0.4 is 4.72 Å². The number of halogens is 2. The molecule has 0 aromatic heterocycles. The number of anilines is 1. The first kappa shape index (κ1) is 18.1. The standard InChI is InChI=1S/C14H9Cl2NO6S/c15-10-2-1-3-11(16)12(10)24(22,23)17-9-5-7(13(18)19)4-8(6-9)14(20)21/h1-6,17H,(H,18,19)(H,20,21). The molecule has 24 heavy (non-hydrogen) atoms. The molecule has 0 fully saturated rings. The summed E-state index contributed by atoms with van der Waals surface area (Å²) in [4.78, 5) is 21.7. The minimum Gasteiger partial charge on any atom is -0.478 e. The average molecular weight is 390 g/mol. The molecule has 0 bridgehead atoms. The van der Waals surface area contributed by atoms with Crippen LogP contribution in [0.4, 0.5) is 5.69 Å². The van der Waals surface area contributed by atoms with E-state index in [0.717, 1.165) is 18.2 Å². The highest BCUT2D eigenvalue weighted by Gasteiger charge is 2.23. The molecule has 0 radical (unpaired) electrons. The Bertz CT molecular complexity index is 890. The molecule has 0 unspecified atom stereocenters. The molecule has 0 amide bonds. The predicted molar refractivity (Wildman–Crippen MR) is 87.6 cm³/mol. The van der Waals surface area contributed by atoms with Crippen LogP contribution in [-0.4, -0.2) is 30.6 Å². The highest BCUT2D eigenvalue weighted by Crippen LogP contribution is 2.30. The smallest absolute Gasteiger partial charge is 0.335 e. The number of carboxylic acids is 2. The fourth-order valence-corrected chi connectivity index (χ4v) is 4.07. The lowest BCUT2D eigenvalue weighted by Gasteiger charge is -2.12. The van der Waals surface area contributed by atoms with Gasteiger partial charge in [-0.3, -0.25) is 4.72 Å². The summed E-state index contributed by atoms with van der Waals surface area (Å²) in [5, 5.41) is 17.7. The van der Waals surface area contributed by atoms with Gasteiger partial charge in [-0.2, -0.15) is 0 Å². The van der Waals surface area contributed by atoms with Crippen molar-refractivity contribution in [3.63, 3.8) is 0 Å². The van der Waals surface area contributed by atoms with E-state index in [1.165, 1.54) is 18.2 Å². The zero-order valence-electron chi connectivity index (χ0n) is 11.7. The Hall–Kier alpha value is -2.29. The highest BCUT2D eigenvalue weighted by molar-refractivity contribution is 7.93. The lowest BCUT2D eigenvalue weighted by atomic mass is 10.1. The van der Waals surface area contributed by atoms with Gasteiger partial charge in [0.25, 0.3) is 10.0 Å². The number of hydrogen-bond acceptors (Lipinski definition) is 4. The van der Waals surface area contributed by atoms with Gasteiger partial charge in [-0.1, -0.05) is 29.3 Å². The minimum absolute atomic E-state index is 0.136. The molecule has 0 aliphatic rings. The molecule has 0 atom stereocenters. The number of nitrogens with one attached hydrogen (secondary N) is 1. The summed E-state index contributed by atoms with van der Waals surface area (Å²) in [5.41, 5.74) is -1.03. The molecule has 0 aliphatic carbocycles. The Balaban J connectivity index is 2.54. The summed E-state index contributed by atoms with van der Waals surface area (Å²) in [6, 6.07) is 6.97. The van der Waals surface area contributed by atoms with Crippen LogP contribution in [0.15, 0.2) is 41.3 Å². The summed E-state index contributed by atoms with van der Waals surface area (Å²) < 4.78 is 26.9. The SMILES string of the molecule is O=C(O)c1cc(NS(=O)(=O)c2c(Cl)cccc2Cl)cc(C(=O)O)c1. The van der Waals surface area contributed by atoms with Crippen molar-refractivity contribution in [1.29, 1.82) is 0 Å².